The van der Waals surface area contributed by atoms with Crippen LogP contribution in [0.25, 0.3) is 0 Å². The van der Waals surface area contributed by atoms with Crippen LogP contribution in [0.5, 0.6) is 11.5 Å². The fourth-order valence-corrected chi connectivity index (χ4v) is 2.25. The lowest BCUT2D eigenvalue weighted by Gasteiger charge is -2.19. The molecule has 2 aromatic carbocycles. The van der Waals surface area contributed by atoms with Crippen molar-refractivity contribution in [2.24, 2.45) is 0 Å². The Balaban J connectivity index is 1.64. The molecule has 1 aliphatic rings. The van der Waals surface area contributed by atoms with Crippen LogP contribution < -0.4 is 14.8 Å². The molecule has 0 bridgehead atoms. The third kappa shape index (κ3) is 3.88. The van der Waals surface area contributed by atoms with Crippen molar-refractivity contribution in [1.29, 1.82) is 0 Å². The van der Waals surface area contributed by atoms with Crippen LogP contribution in [-0.2, 0) is 9.53 Å². The van der Waals surface area contributed by atoms with E-state index in [2.05, 4.69) is 5.32 Å². The first-order chi connectivity index (χ1) is 12.0. The molecule has 1 aliphatic heterocycles. The molecule has 1 amide bonds. The van der Waals surface area contributed by atoms with Crippen molar-refractivity contribution in [1.82, 2.24) is 0 Å². The largest absolute Gasteiger partial charge is 0.486 e. The summed E-state index contributed by atoms with van der Waals surface area (Å²) in [6.07, 6.45) is -1.10. The molecule has 0 aliphatic carbocycles. The molecule has 0 spiro atoms. The van der Waals surface area contributed by atoms with Crippen molar-refractivity contribution in [2.45, 2.75) is 13.0 Å². The third-order valence-corrected chi connectivity index (χ3v) is 3.56. The van der Waals surface area contributed by atoms with Gasteiger partial charge in [0.25, 0.3) is 5.91 Å². The number of esters is 1. The lowest BCUT2D eigenvalue weighted by atomic mass is 10.2. The zero-order chi connectivity index (χ0) is 17.8. The molecule has 1 heterocycles. The van der Waals surface area contributed by atoms with Crippen LogP contribution in [0.3, 0.4) is 0 Å². The summed E-state index contributed by atoms with van der Waals surface area (Å²) in [6, 6.07) is 10.4. The molecule has 0 saturated carbocycles. The van der Waals surface area contributed by atoms with E-state index in [1.165, 1.54) is 37.3 Å². The van der Waals surface area contributed by atoms with Crippen LogP contribution in [0.4, 0.5) is 10.1 Å². The van der Waals surface area contributed by atoms with Crippen molar-refractivity contribution >= 4 is 17.6 Å². The number of benzene rings is 2. The van der Waals surface area contributed by atoms with Gasteiger partial charge in [0, 0.05) is 0 Å². The third-order valence-electron chi connectivity index (χ3n) is 3.56. The van der Waals surface area contributed by atoms with Crippen molar-refractivity contribution in [3.63, 3.8) is 0 Å². The van der Waals surface area contributed by atoms with Crippen LogP contribution in [-0.4, -0.2) is 31.2 Å². The standard InChI is InChI=1S/C18H16FNO5/c1-11(17(21)20-14-5-3-2-4-13(14)19)25-18(22)12-6-7-15-16(10-12)24-9-8-23-15/h2-7,10-11H,8-9H2,1H3,(H,20,21)/t11-/m1/s1. The molecule has 1 N–H and O–H groups in total. The number of fused-ring (bicyclic) bond motifs is 1. The number of halogens is 1. The smallest absolute Gasteiger partial charge is 0.339 e. The van der Waals surface area contributed by atoms with E-state index in [9.17, 15) is 14.0 Å². The van der Waals surface area contributed by atoms with Crippen molar-refractivity contribution < 1.29 is 28.2 Å². The molecule has 0 aromatic heterocycles. The predicted molar refractivity (Wildman–Crippen MR) is 87.3 cm³/mol. The average molecular weight is 345 g/mol. The molecule has 3 rings (SSSR count). The van der Waals surface area contributed by atoms with Gasteiger partial charge in [0.1, 0.15) is 19.0 Å². The average Bonchev–Trinajstić information content (AvgIpc) is 2.63. The van der Waals surface area contributed by atoms with Gasteiger partial charge in [0.2, 0.25) is 0 Å². The first-order valence-corrected chi connectivity index (χ1v) is 7.70. The van der Waals surface area contributed by atoms with E-state index in [0.29, 0.717) is 24.7 Å². The van der Waals surface area contributed by atoms with Gasteiger partial charge in [-0.2, -0.15) is 0 Å². The summed E-state index contributed by atoms with van der Waals surface area (Å²) in [6.45, 7) is 2.25. The second-order valence-corrected chi connectivity index (χ2v) is 5.38. The SMILES string of the molecule is C[C@@H](OC(=O)c1ccc2c(c1)OCCO2)C(=O)Nc1ccccc1F. The molecule has 7 heteroatoms. The number of anilines is 1. The Hall–Kier alpha value is -3.09. The first kappa shape index (κ1) is 16.8. The topological polar surface area (TPSA) is 73.9 Å². The maximum Gasteiger partial charge on any atom is 0.339 e. The van der Waals surface area contributed by atoms with Gasteiger partial charge in [-0.05, 0) is 37.3 Å². The van der Waals surface area contributed by atoms with E-state index >= 15 is 0 Å². The summed E-state index contributed by atoms with van der Waals surface area (Å²) >= 11 is 0. The molecule has 25 heavy (non-hydrogen) atoms. The Morgan fingerprint density at radius 2 is 1.84 bits per heavy atom. The molecule has 1 atom stereocenters. The van der Waals surface area contributed by atoms with Gasteiger partial charge in [-0.3, -0.25) is 4.79 Å². The Labute approximate surface area is 143 Å². The number of ether oxygens (including phenoxy) is 3. The molecule has 0 radical (unpaired) electrons. The molecule has 6 nitrogen and oxygen atoms in total. The molecule has 0 saturated heterocycles. The van der Waals surface area contributed by atoms with E-state index in [4.69, 9.17) is 14.2 Å². The summed E-state index contributed by atoms with van der Waals surface area (Å²) in [5, 5.41) is 2.38. The van der Waals surface area contributed by atoms with Gasteiger partial charge in [-0.1, -0.05) is 12.1 Å². The fourth-order valence-electron chi connectivity index (χ4n) is 2.25. The van der Waals surface area contributed by atoms with Gasteiger partial charge in [-0.25, -0.2) is 9.18 Å². The highest BCUT2D eigenvalue weighted by molar-refractivity contribution is 5.97. The Morgan fingerprint density at radius 3 is 2.60 bits per heavy atom. The molecular weight excluding hydrogens is 329 g/mol. The highest BCUT2D eigenvalue weighted by Gasteiger charge is 2.21. The number of hydrogen-bond acceptors (Lipinski definition) is 5. The number of rotatable bonds is 4. The number of nitrogens with one attached hydrogen (secondary N) is 1. The summed E-state index contributed by atoms with van der Waals surface area (Å²) in [5.41, 5.74) is 0.254. The lowest BCUT2D eigenvalue weighted by Crippen LogP contribution is -2.30. The van der Waals surface area contributed by atoms with Gasteiger partial charge in [-0.15, -0.1) is 0 Å². The minimum Gasteiger partial charge on any atom is -0.486 e. The van der Waals surface area contributed by atoms with Crippen LogP contribution >= 0.6 is 0 Å². The number of carbonyl (C=O) groups excluding carboxylic acids is 2. The second kappa shape index (κ2) is 7.21. The normalized spacial score (nSPS) is 13.7. The van der Waals surface area contributed by atoms with Crippen molar-refractivity contribution in [3.05, 3.63) is 53.8 Å². The Morgan fingerprint density at radius 1 is 1.12 bits per heavy atom. The zero-order valence-corrected chi connectivity index (χ0v) is 13.5. The number of amides is 1. The fraction of sp³-hybridized carbons (Fsp3) is 0.222. The quantitative estimate of drug-likeness (QED) is 0.863. The van der Waals surface area contributed by atoms with Gasteiger partial charge < -0.3 is 19.5 Å². The van der Waals surface area contributed by atoms with Crippen molar-refractivity contribution in [2.75, 3.05) is 18.5 Å². The molecule has 130 valence electrons. The Bertz CT molecular complexity index is 808. The second-order valence-electron chi connectivity index (χ2n) is 5.38. The lowest BCUT2D eigenvalue weighted by molar-refractivity contribution is -0.123. The van der Waals surface area contributed by atoms with Gasteiger partial charge in [0.05, 0.1) is 11.3 Å². The summed E-state index contributed by atoms with van der Waals surface area (Å²) in [7, 11) is 0. The molecule has 2 aromatic rings. The Kier molecular flexibility index (Phi) is 4.83. The number of para-hydroxylation sites is 1. The maximum absolute atomic E-state index is 13.6. The maximum atomic E-state index is 13.6. The highest BCUT2D eigenvalue weighted by Crippen LogP contribution is 2.31. The predicted octanol–water partition coefficient (Wildman–Crippen LogP) is 2.78. The first-order valence-electron chi connectivity index (χ1n) is 7.70. The number of hydrogen-bond donors (Lipinski definition) is 1. The highest BCUT2D eigenvalue weighted by atomic mass is 19.1. The molecule has 0 unspecified atom stereocenters. The van der Waals surface area contributed by atoms with Crippen LogP contribution in [0.15, 0.2) is 42.5 Å². The van der Waals surface area contributed by atoms with Crippen molar-refractivity contribution in [3.8, 4) is 11.5 Å². The zero-order valence-electron chi connectivity index (χ0n) is 13.5. The van der Waals surface area contributed by atoms with Crippen LogP contribution in [0.1, 0.15) is 17.3 Å². The van der Waals surface area contributed by atoms with E-state index in [-0.39, 0.29) is 11.3 Å². The summed E-state index contributed by atoms with van der Waals surface area (Å²) < 4.78 is 29.5. The molecular formula is C18H16FNO5. The number of carbonyl (C=O) groups is 2. The summed E-state index contributed by atoms with van der Waals surface area (Å²) in [5.74, 6) is -0.886. The minimum absolute atomic E-state index is 0.0229. The molecule has 0 fully saturated rings. The van der Waals surface area contributed by atoms with E-state index in [0.717, 1.165) is 0 Å². The van der Waals surface area contributed by atoms with E-state index in [1.54, 1.807) is 12.1 Å². The minimum atomic E-state index is -1.10. The van der Waals surface area contributed by atoms with Crippen LogP contribution in [0, 0.1) is 5.82 Å². The van der Waals surface area contributed by atoms with Crippen LogP contribution in [0.2, 0.25) is 0 Å². The van der Waals surface area contributed by atoms with E-state index in [1.807, 2.05) is 0 Å². The van der Waals surface area contributed by atoms with Gasteiger partial charge in [0.15, 0.2) is 17.6 Å². The van der Waals surface area contributed by atoms with E-state index < -0.39 is 23.8 Å². The monoisotopic (exact) mass is 345 g/mol. The summed E-state index contributed by atoms with van der Waals surface area (Å²) in [4.78, 5) is 24.3. The van der Waals surface area contributed by atoms with Gasteiger partial charge >= 0.3 is 5.97 Å².